The number of aromatic nitrogens is 1. The highest BCUT2D eigenvalue weighted by Gasteiger charge is 2.31. The van der Waals surface area contributed by atoms with E-state index < -0.39 is 12.1 Å². The third-order valence-corrected chi connectivity index (χ3v) is 6.18. The normalized spacial score (nSPS) is 16.7. The predicted octanol–water partition coefficient (Wildman–Crippen LogP) is 3.49. The third-order valence-electron chi connectivity index (χ3n) is 5.11. The number of anilines is 1. The quantitative estimate of drug-likeness (QED) is 0.648. The lowest BCUT2D eigenvalue weighted by atomic mass is 9.98. The Labute approximate surface area is 176 Å². The first-order chi connectivity index (χ1) is 14.6. The van der Waals surface area contributed by atoms with Crippen LogP contribution < -0.4 is 14.8 Å². The molecule has 3 aromatic rings. The summed E-state index contributed by atoms with van der Waals surface area (Å²) in [5.41, 5.74) is 3.24. The molecule has 7 nitrogen and oxygen atoms in total. The lowest BCUT2D eigenvalue weighted by Crippen LogP contribution is -2.37. The number of ether oxygens (including phenoxy) is 3. The molecular formula is C22H18N2O5S. The van der Waals surface area contributed by atoms with Crippen molar-refractivity contribution in [2.45, 2.75) is 25.9 Å². The second-order valence-electron chi connectivity index (χ2n) is 7.14. The fourth-order valence-corrected chi connectivity index (χ4v) is 4.55. The molecule has 5 rings (SSSR count). The van der Waals surface area contributed by atoms with Crippen molar-refractivity contribution < 1.29 is 23.8 Å². The summed E-state index contributed by atoms with van der Waals surface area (Å²) >= 11 is 1.41. The molecule has 0 bridgehead atoms. The average molecular weight is 422 g/mol. The second kappa shape index (κ2) is 7.46. The average Bonchev–Trinajstić information content (AvgIpc) is 3.34. The topological polar surface area (TPSA) is 86.8 Å². The van der Waals surface area contributed by atoms with Gasteiger partial charge >= 0.3 is 5.97 Å². The van der Waals surface area contributed by atoms with Gasteiger partial charge in [-0.25, -0.2) is 9.78 Å². The Morgan fingerprint density at radius 3 is 2.93 bits per heavy atom. The van der Waals surface area contributed by atoms with Gasteiger partial charge in [-0.05, 0) is 36.2 Å². The number of hydrogen-bond acceptors (Lipinski definition) is 7. The molecule has 1 N–H and O–H groups in total. The molecule has 0 saturated heterocycles. The first-order valence-corrected chi connectivity index (χ1v) is 10.3. The molecule has 3 heterocycles. The number of rotatable bonds is 4. The van der Waals surface area contributed by atoms with Crippen LogP contribution in [0.4, 0.5) is 5.13 Å². The number of fused-ring (bicyclic) bond motifs is 2. The summed E-state index contributed by atoms with van der Waals surface area (Å²) < 4.78 is 16.1. The van der Waals surface area contributed by atoms with E-state index in [2.05, 4.69) is 10.3 Å². The number of nitrogens with zero attached hydrogens (tertiary/aromatic N) is 1. The van der Waals surface area contributed by atoms with E-state index in [9.17, 15) is 9.59 Å². The largest absolute Gasteiger partial charge is 0.454 e. The Morgan fingerprint density at radius 1 is 1.20 bits per heavy atom. The van der Waals surface area contributed by atoms with Crippen molar-refractivity contribution in [1.29, 1.82) is 0 Å². The predicted molar refractivity (Wildman–Crippen MR) is 110 cm³/mol. The van der Waals surface area contributed by atoms with E-state index in [0.29, 0.717) is 23.5 Å². The van der Waals surface area contributed by atoms with Crippen LogP contribution in [-0.2, 0) is 22.4 Å². The highest BCUT2D eigenvalue weighted by molar-refractivity contribution is 7.15. The van der Waals surface area contributed by atoms with E-state index in [1.807, 2.05) is 37.3 Å². The third kappa shape index (κ3) is 3.50. The number of carbonyl (C=O) groups is 2. The van der Waals surface area contributed by atoms with Gasteiger partial charge in [0.1, 0.15) is 0 Å². The molecule has 30 heavy (non-hydrogen) atoms. The van der Waals surface area contributed by atoms with E-state index in [0.717, 1.165) is 33.2 Å². The van der Waals surface area contributed by atoms with Crippen LogP contribution in [0, 0.1) is 6.92 Å². The first-order valence-electron chi connectivity index (χ1n) is 9.51. The van der Waals surface area contributed by atoms with Crippen LogP contribution in [0.5, 0.6) is 11.5 Å². The van der Waals surface area contributed by atoms with Gasteiger partial charge in [-0.2, -0.15) is 0 Å². The number of benzene rings is 2. The minimum absolute atomic E-state index is 0.241. The molecule has 1 aromatic heterocycles. The molecule has 0 radical (unpaired) electrons. The Kier molecular flexibility index (Phi) is 4.63. The van der Waals surface area contributed by atoms with Crippen molar-refractivity contribution in [3.05, 3.63) is 69.7 Å². The fourth-order valence-electron chi connectivity index (χ4n) is 3.55. The lowest BCUT2D eigenvalue weighted by molar-refractivity contribution is -0.125. The van der Waals surface area contributed by atoms with Crippen molar-refractivity contribution in [2.24, 2.45) is 0 Å². The standard InChI is InChI=1S/C22H18N2O5S/c1-12-19(9-13-6-7-16-17(8-13)28-11-27-16)30-22(23-12)24-20(25)18-10-14-4-2-3-5-15(14)21(26)29-18/h2-8,18H,9-11H2,1H3,(H,23,24,25)/t18-/m1/s1. The maximum Gasteiger partial charge on any atom is 0.339 e. The SMILES string of the molecule is Cc1nc(NC(=O)[C@H]2Cc3ccccc3C(=O)O2)sc1Cc1ccc2c(c1)OCO2. The second-order valence-corrected chi connectivity index (χ2v) is 8.22. The van der Waals surface area contributed by atoms with Crippen LogP contribution in [0.15, 0.2) is 42.5 Å². The molecule has 0 fully saturated rings. The minimum atomic E-state index is -0.867. The van der Waals surface area contributed by atoms with E-state index >= 15 is 0 Å². The van der Waals surface area contributed by atoms with Crippen LogP contribution in [0.1, 0.15) is 32.1 Å². The zero-order valence-electron chi connectivity index (χ0n) is 16.1. The van der Waals surface area contributed by atoms with Gasteiger partial charge in [0.2, 0.25) is 6.79 Å². The summed E-state index contributed by atoms with van der Waals surface area (Å²) in [5, 5.41) is 3.29. The summed E-state index contributed by atoms with van der Waals surface area (Å²) in [6, 6.07) is 13.0. The monoisotopic (exact) mass is 422 g/mol. The summed E-state index contributed by atoms with van der Waals surface area (Å²) in [4.78, 5) is 30.3. The van der Waals surface area contributed by atoms with Crippen LogP contribution in [0.25, 0.3) is 0 Å². The smallest absolute Gasteiger partial charge is 0.339 e. The number of esters is 1. The summed E-state index contributed by atoms with van der Waals surface area (Å²) in [6.07, 6.45) is 0.151. The minimum Gasteiger partial charge on any atom is -0.454 e. The molecule has 8 heteroatoms. The maximum atomic E-state index is 12.7. The zero-order chi connectivity index (χ0) is 20.7. The maximum absolute atomic E-state index is 12.7. The van der Waals surface area contributed by atoms with Gasteiger partial charge in [0, 0.05) is 17.7 Å². The highest BCUT2D eigenvalue weighted by Crippen LogP contribution is 2.34. The van der Waals surface area contributed by atoms with Crippen LogP contribution >= 0.6 is 11.3 Å². The Hall–Kier alpha value is -3.39. The van der Waals surface area contributed by atoms with Crippen LogP contribution in [0.2, 0.25) is 0 Å². The number of carbonyl (C=O) groups excluding carboxylic acids is 2. The molecule has 1 amide bonds. The molecule has 0 saturated carbocycles. The van der Waals surface area contributed by atoms with Gasteiger partial charge in [0.15, 0.2) is 22.7 Å². The van der Waals surface area contributed by atoms with Crippen molar-refractivity contribution in [1.82, 2.24) is 4.98 Å². The van der Waals surface area contributed by atoms with Crippen molar-refractivity contribution >= 4 is 28.3 Å². The number of hydrogen-bond donors (Lipinski definition) is 1. The van der Waals surface area contributed by atoms with Crippen LogP contribution in [0.3, 0.4) is 0 Å². The highest BCUT2D eigenvalue weighted by atomic mass is 32.1. The fraction of sp³-hybridized carbons (Fsp3) is 0.227. The van der Waals surface area contributed by atoms with Crippen molar-refractivity contribution in [3.63, 3.8) is 0 Å². The number of aryl methyl sites for hydroxylation is 1. The van der Waals surface area contributed by atoms with E-state index in [-0.39, 0.29) is 12.7 Å². The number of cyclic esters (lactones) is 1. The summed E-state index contributed by atoms with van der Waals surface area (Å²) in [7, 11) is 0. The number of nitrogens with one attached hydrogen (secondary N) is 1. The van der Waals surface area contributed by atoms with E-state index in [1.165, 1.54) is 11.3 Å². The molecule has 1 atom stereocenters. The van der Waals surface area contributed by atoms with Gasteiger partial charge in [-0.1, -0.05) is 24.3 Å². The zero-order valence-corrected chi connectivity index (χ0v) is 17.0. The molecule has 0 spiro atoms. The van der Waals surface area contributed by atoms with Gasteiger partial charge in [0.25, 0.3) is 5.91 Å². The van der Waals surface area contributed by atoms with Crippen molar-refractivity contribution in [2.75, 3.05) is 12.1 Å². The Bertz CT molecular complexity index is 1160. The molecule has 0 unspecified atom stereocenters. The van der Waals surface area contributed by atoms with Gasteiger partial charge in [-0.15, -0.1) is 11.3 Å². The molecule has 2 aromatic carbocycles. The number of thiazole rings is 1. The van der Waals surface area contributed by atoms with Gasteiger partial charge in [-0.3, -0.25) is 10.1 Å². The lowest BCUT2D eigenvalue weighted by Gasteiger charge is -2.23. The summed E-state index contributed by atoms with van der Waals surface area (Å²) in [5.74, 6) is 0.635. The van der Waals surface area contributed by atoms with Crippen molar-refractivity contribution in [3.8, 4) is 11.5 Å². The Balaban J connectivity index is 1.28. The van der Waals surface area contributed by atoms with E-state index in [4.69, 9.17) is 14.2 Å². The molecule has 0 aliphatic carbocycles. The molecular weight excluding hydrogens is 404 g/mol. The summed E-state index contributed by atoms with van der Waals surface area (Å²) in [6.45, 7) is 2.15. The van der Waals surface area contributed by atoms with Crippen LogP contribution in [-0.4, -0.2) is 29.8 Å². The van der Waals surface area contributed by atoms with Gasteiger partial charge < -0.3 is 14.2 Å². The molecule has 2 aliphatic heterocycles. The van der Waals surface area contributed by atoms with E-state index in [1.54, 1.807) is 12.1 Å². The Morgan fingerprint density at radius 2 is 2.03 bits per heavy atom. The molecule has 152 valence electrons. The first kappa shape index (κ1) is 18.6. The van der Waals surface area contributed by atoms with Gasteiger partial charge in [0.05, 0.1) is 11.3 Å². The number of amides is 1. The molecule has 2 aliphatic rings.